The molecular weight excluding hydrogens is 366 g/mol. The van der Waals surface area contributed by atoms with Crippen molar-refractivity contribution in [2.45, 2.75) is 6.92 Å². The first kappa shape index (κ1) is 18.6. The van der Waals surface area contributed by atoms with Gasteiger partial charge in [-0.05, 0) is 23.8 Å². The van der Waals surface area contributed by atoms with E-state index < -0.39 is 11.9 Å². The number of pyridine rings is 1. The Hall–Kier alpha value is -3.73. The number of rotatable bonds is 3. The van der Waals surface area contributed by atoms with E-state index in [1.165, 1.54) is 14.2 Å². The lowest BCUT2D eigenvalue weighted by Gasteiger charge is -2.16. The summed E-state index contributed by atoms with van der Waals surface area (Å²) < 4.78 is 10.1. The minimum absolute atomic E-state index is 0.104. The molecule has 1 aromatic heterocycles. The number of nitrogens with zero attached hydrogens (tertiary/aromatic N) is 1. The van der Waals surface area contributed by atoms with E-state index >= 15 is 0 Å². The van der Waals surface area contributed by atoms with Crippen molar-refractivity contribution in [3.05, 3.63) is 77.4 Å². The van der Waals surface area contributed by atoms with Crippen molar-refractivity contribution < 1.29 is 19.1 Å². The number of methoxy groups -OCH3 is 2. The van der Waals surface area contributed by atoms with Crippen LogP contribution in [0.1, 0.15) is 26.3 Å². The molecule has 5 nitrogen and oxygen atoms in total. The average Bonchev–Trinajstić information content (AvgIpc) is 2.77. The lowest BCUT2D eigenvalue weighted by Crippen LogP contribution is -2.15. The van der Waals surface area contributed by atoms with E-state index in [0.717, 1.165) is 21.9 Å². The molecular formula is C24H19NO4. The van der Waals surface area contributed by atoms with Crippen LogP contribution in [-0.4, -0.2) is 31.1 Å². The number of fused-ring (bicyclic) bond motifs is 3. The van der Waals surface area contributed by atoms with E-state index in [1.807, 2.05) is 67.6 Å². The largest absolute Gasteiger partial charge is 0.465 e. The van der Waals surface area contributed by atoms with Crippen LogP contribution in [0.2, 0.25) is 0 Å². The zero-order chi connectivity index (χ0) is 20.5. The van der Waals surface area contributed by atoms with Gasteiger partial charge in [0, 0.05) is 10.9 Å². The third kappa shape index (κ3) is 3.10. The van der Waals surface area contributed by atoms with Gasteiger partial charge in [-0.3, -0.25) is 0 Å². The molecule has 0 radical (unpaired) electrons. The predicted molar refractivity (Wildman–Crippen MR) is 112 cm³/mol. The van der Waals surface area contributed by atoms with Crippen LogP contribution in [-0.2, 0) is 9.47 Å². The van der Waals surface area contributed by atoms with Crippen LogP contribution in [0.25, 0.3) is 32.9 Å². The molecule has 0 saturated carbocycles. The van der Waals surface area contributed by atoms with Gasteiger partial charge < -0.3 is 9.47 Å². The van der Waals surface area contributed by atoms with Crippen LogP contribution in [0.4, 0.5) is 0 Å². The predicted octanol–water partition coefficient (Wildman–Crippen LogP) is 4.94. The molecule has 0 N–H and O–H groups in total. The first-order chi connectivity index (χ1) is 14.0. The highest BCUT2D eigenvalue weighted by atomic mass is 16.5. The molecule has 0 bridgehead atoms. The Balaban J connectivity index is 2.22. The van der Waals surface area contributed by atoms with Gasteiger partial charge in [-0.2, -0.15) is 0 Å². The van der Waals surface area contributed by atoms with Crippen LogP contribution >= 0.6 is 0 Å². The molecule has 1 heterocycles. The highest BCUT2D eigenvalue weighted by Gasteiger charge is 2.28. The summed E-state index contributed by atoms with van der Waals surface area (Å²) >= 11 is 0. The first-order valence-corrected chi connectivity index (χ1v) is 9.14. The van der Waals surface area contributed by atoms with Gasteiger partial charge in [0.25, 0.3) is 0 Å². The summed E-state index contributed by atoms with van der Waals surface area (Å²) in [4.78, 5) is 30.5. The minimum atomic E-state index is -0.636. The maximum atomic E-state index is 12.9. The lowest BCUT2D eigenvalue weighted by atomic mass is 9.93. The Morgan fingerprint density at radius 1 is 0.793 bits per heavy atom. The van der Waals surface area contributed by atoms with Crippen molar-refractivity contribution >= 4 is 33.6 Å². The number of hydrogen-bond donors (Lipinski definition) is 0. The Morgan fingerprint density at radius 2 is 1.45 bits per heavy atom. The van der Waals surface area contributed by atoms with Gasteiger partial charge in [0.1, 0.15) is 5.56 Å². The minimum Gasteiger partial charge on any atom is -0.465 e. The van der Waals surface area contributed by atoms with Crippen LogP contribution in [0.5, 0.6) is 0 Å². The van der Waals surface area contributed by atoms with Crippen molar-refractivity contribution in [1.29, 1.82) is 0 Å². The zero-order valence-corrected chi connectivity index (χ0v) is 16.4. The first-order valence-electron chi connectivity index (χ1n) is 9.14. The number of esters is 2. The van der Waals surface area contributed by atoms with Crippen LogP contribution in [0.3, 0.4) is 0 Å². The molecule has 0 atom stereocenters. The summed E-state index contributed by atoms with van der Waals surface area (Å²) in [6.07, 6.45) is 0. The molecule has 0 fully saturated rings. The number of carbonyl (C=O) groups excluding carboxylic acids is 2. The van der Waals surface area contributed by atoms with Gasteiger partial charge in [0.15, 0.2) is 0 Å². The molecule has 0 aliphatic carbocycles. The lowest BCUT2D eigenvalue weighted by molar-refractivity contribution is 0.0557. The molecule has 4 aromatic rings. The molecule has 0 aliphatic rings. The molecule has 4 rings (SSSR count). The highest BCUT2D eigenvalue weighted by molar-refractivity contribution is 6.21. The van der Waals surface area contributed by atoms with E-state index in [4.69, 9.17) is 14.5 Å². The van der Waals surface area contributed by atoms with Gasteiger partial charge in [-0.25, -0.2) is 14.6 Å². The number of carbonyl (C=O) groups is 2. The zero-order valence-electron chi connectivity index (χ0n) is 16.4. The SMILES string of the molecule is COC(=O)c1c(-c2ccc(C)cc2)nc2ccc3ccccc3c2c1C(=O)OC. The number of aromatic nitrogens is 1. The molecule has 0 spiro atoms. The molecule has 0 saturated heterocycles. The second-order valence-electron chi connectivity index (χ2n) is 6.74. The maximum absolute atomic E-state index is 12.9. The molecule has 0 amide bonds. The van der Waals surface area contributed by atoms with Crippen molar-refractivity contribution in [2.75, 3.05) is 14.2 Å². The summed E-state index contributed by atoms with van der Waals surface area (Å²) in [5.41, 5.74) is 3.06. The second-order valence-corrected chi connectivity index (χ2v) is 6.74. The molecule has 3 aromatic carbocycles. The van der Waals surface area contributed by atoms with E-state index in [2.05, 4.69) is 0 Å². The van der Waals surface area contributed by atoms with Gasteiger partial charge >= 0.3 is 11.9 Å². The van der Waals surface area contributed by atoms with E-state index in [0.29, 0.717) is 16.6 Å². The molecule has 0 aliphatic heterocycles. The van der Waals surface area contributed by atoms with Crippen LogP contribution in [0.15, 0.2) is 60.7 Å². The summed E-state index contributed by atoms with van der Waals surface area (Å²) in [6, 6.07) is 19.1. The van der Waals surface area contributed by atoms with Crippen molar-refractivity contribution in [1.82, 2.24) is 4.98 Å². The van der Waals surface area contributed by atoms with Gasteiger partial charge in [-0.1, -0.05) is 60.2 Å². The van der Waals surface area contributed by atoms with E-state index in [1.54, 1.807) is 0 Å². The maximum Gasteiger partial charge on any atom is 0.340 e. The Kier molecular flexibility index (Phi) is 4.72. The summed E-state index contributed by atoms with van der Waals surface area (Å²) in [5.74, 6) is -1.24. The summed E-state index contributed by atoms with van der Waals surface area (Å²) in [7, 11) is 2.59. The second kappa shape index (κ2) is 7.36. The Morgan fingerprint density at radius 3 is 2.14 bits per heavy atom. The third-order valence-corrected chi connectivity index (χ3v) is 4.98. The van der Waals surface area contributed by atoms with Crippen molar-refractivity contribution in [3.8, 4) is 11.3 Å². The average molecular weight is 385 g/mol. The molecule has 5 heteroatoms. The van der Waals surface area contributed by atoms with Crippen molar-refractivity contribution in [2.24, 2.45) is 0 Å². The Labute approximate surface area is 167 Å². The van der Waals surface area contributed by atoms with Crippen LogP contribution < -0.4 is 0 Å². The van der Waals surface area contributed by atoms with Gasteiger partial charge in [-0.15, -0.1) is 0 Å². The van der Waals surface area contributed by atoms with Crippen molar-refractivity contribution in [3.63, 3.8) is 0 Å². The highest BCUT2D eigenvalue weighted by Crippen LogP contribution is 2.35. The fourth-order valence-corrected chi connectivity index (χ4v) is 3.56. The molecule has 29 heavy (non-hydrogen) atoms. The van der Waals surface area contributed by atoms with E-state index in [-0.39, 0.29) is 11.1 Å². The normalized spacial score (nSPS) is 10.9. The molecule has 144 valence electrons. The molecule has 0 unspecified atom stereocenters. The number of benzene rings is 3. The van der Waals surface area contributed by atoms with E-state index in [9.17, 15) is 9.59 Å². The fourth-order valence-electron chi connectivity index (χ4n) is 3.56. The topological polar surface area (TPSA) is 65.5 Å². The standard InChI is InChI=1S/C24H19NO4/c1-14-8-10-16(11-9-14)22-21(24(27)29-3)20(23(26)28-2)19-17-7-5-4-6-15(17)12-13-18(19)25-22/h4-13H,1-3H3. The monoisotopic (exact) mass is 385 g/mol. The third-order valence-electron chi connectivity index (χ3n) is 4.98. The Bertz CT molecular complexity index is 1260. The van der Waals surface area contributed by atoms with Gasteiger partial charge in [0.2, 0.25) is 0 Å². The number of hydrogen-bond acceptors (Lipinski definition) is 5. The number of aryl methyl sites for hydroxylation is 1. The fraction of sp³-hybridized carbons (Fsp3) is 0.125. The van der Waals surface area contributed by atoms with Crippen LogP contribution in [0, 0.1) is 6.92 Å². The summed E-state index contributed by atoms with van der Waals surface area (Å²) in [5, 5.41) is 2.33. The van der Waals surface area contributed by atoms with Gasteiger partial charge in [0.05, 0.1) is 31.0 Å². The number of ether oxygens (including phenoxy) is 2. The smallest absolute Gasteiger partial charge is 0.340 e. The summed E-state index contributed by atoms with van der Waals surface area (Å²) in [6.45, 7) is 1.98. The quantitative estimate of drug-likeness (QED) is 0.369.